The van der Waals surface area contributed by atoms with Crippen LogP contribution in [0.3, 0.4) is 0 Å². The Labute approximate surface area is 114 Å². The smallest absolute Gasteiger partial charge is 0.122 e. The van der Waals surface area contributed by atoms with Gasteiger partial charge in [0.25, 0.3) is 0 Å². The molecule has 2 aromatic heterocycles. The average molecular weight is 259 g/mol. The third kappa shape index (κ3) is 3.91. The van der Waals surface area contributed by atoms with Crippen LogP contribution < -0.4 is 5.32 Å². The van der Waals surface area contributed by atoms with Crippen LogP contribution in [0, 0.1) is 6.92 Å². The molecule has 0 bridgehead atoms. The maximum absolute atomic E-state index is 5.48. The van der Waals surface area contributed by atoms with Crippen LogP contribution in [0.2, 0.25) is 0 Å². The summed E-state index contributed by atoms with van der Waals surface area (Å²) < 4.78 is 5.48. The minimum atomic E-state index is 0.244. The first-order chi connectivity index (χ1) is 9.16. The van der Waals surface area contributed by atoms with Gasteiger partial charge in [0.2, 0.25) is 0 Å². The molecule has 2 aromatic rings. The van der Waals surface area contributed by atoms with E-state index in [1.165, 1.54) is 5.56 Å². The number of hydrogen-bond acceptors (Lipinski definition) is 4. The first-order valence-electron chi connectivity index (χ1n) is 6.49. The molecule has 102 valence electrons. The summed E-state index contributed by atoms with van der Waals surface area (Å²) in [4.78, 5) is 6.44. The fourth-order valence-corrected chi connectivity index (χ4v) is 1.97. The molecule has 19 heavy (non-hydrogen) atoms. The van der Waals surface area contributed by atoms with Crippen molar-refractivity contribution in [1.29, 1.82) is 0 Å². The summed E-state index contributed by atoms with van der Waals surface area (Å²) in [5.41, 5.74) is 2.24. The second-order valence-corrected chi connectivity index (χ2v) is 4.93. The van der Waals surface area contributed by atoms with Gasteiger partial charge in [-0.05, 0) is 44.8 Å². The van der Waals surface area contributed by atoms with Crippen LogP contribution in [0.5, 0.6) is 0 Å². The third-order valence-corrected chi connectivity index (χ3v) is 3.13. The SMILES string of the molecule is Cc1ccc(CNCC(c2ccco2)N(C)C)cn1. The molecule has 0 saturated carbocycles. The molecule has 1 N–H and O–H groups in total. The van der Waals surface area contributed by atoms with Crippen LogP contribution in [0.15, 0.2) is 41.1 Å². The fraction of sp³-hybridized carbons (Fsp3) is 0.400. The van der Waals surface area contributed by atoms with Crippen LogP contribution in [0.1, 0.15) is 23.1 Å². The Morgan fingerprint density at radius 3 is 2.74 bits per heavy atom. The van der Waals surface area contributed by atoms with E-state index in [0.29, 0.717) is 0 Å². The lowest BCUT2D eigenvalue weighted by Crippen LogP contribution is -2.30. The standard InChI is InChI=1S/C15H21N3O/c1-12-6-7-13(10-17-12)9-16-11-14(18(2)3)15-5-4-8-19-15/h4-8,10,14,16H,9,11H2,1-3H3. The molecule has 1 unspecified atom stereocenters. The van der Waals surface area contributed by atoms with Gasteiger partial charge < -0.3 is 9.73 Å². The van der Waals surface area contributed by atoms with Crippen molar-refractivity contribution < 1.29 is 4.42 Å². The zero-order valence-electron chi connectivity index (χ0n) is 11.8. The van der Waals surface area contributed by atoms with E-state index in [9.17, 15) is 0 Å². The highest BCUT2D eigenvalue weighted by atomic mass is 16.3. The lowest BCUT2D eigenvalue weighted by Gasteiger charge is -2.22. The molecule has 0 aliphatic heterocycles. The number of rotatable bonds is 6. The normalized spacial score (nSPS) is 12.8. The van der Waals surface area contributed by atoms with Gasteiger partial charge in [0.1, 0.15) is 5.76 Å². The molecule has 0 spiro atoms. The molecule has 2 rings (SSSR count). The predicted molar refractivity (Wildman–Crippen MR) is 75.8 cm³/mol. The van der Waals surface area contributed by atoms with E-state index >= 15 is 0 Å². The Morgan fingerprint density at radius 1 is 1.32 bits per heavy atom. The molecule has 0 aliphatic carbocycles. The fourth-order valence-electron chi connectivity index (χ4n) is 1.97. The van der Waals surface area contributed by atoms with Crippen molar-refractivity contribution in [3.63, 3.8) is 0 Å². The molecular formula is C15H21N3O. The van der Waals surface area contributed by atoms with Gasteiger partial charge in [0, 0.05) is 25.0 Å². The highest BCUT2D eigenvalue weighted by Crippen LogP contribution is 2.17. The number of aryl methyl sites for hydroxylation is 1. The van der Waals surface area contributed by atoms with E-state index in [2.05, 4.69) is 35.4 Å². The highest BCUT2D eigenvalue weighted by Gasteiger charge is 2.15. The molecule has 0 radical (unpaired) electrons. The summed E-state index contributed by atoms with van der Waals surface area (Å²) in [6.07, 6.45) is 3.63. The second-order valence-electron chi connectivity index (χ2n) is 4.93. The molecule has 1 atom stereocenters. The third-order valence-electron chi connectivity index (χ3n) is 3.13. The van der Waals surface area contributed by atoms with Crippen molar-refractivity contribution in [3.8, 4) is 0 Å². The largest absolute Gasteiger partial charge is 0.468 e. The van der Waals surface area contributed by atoms with Gasteiger partial charge >= 0.3 is 0 Å². The zero-order chi connectivity index (χ0) is 13.7. The van der Waals surface area contributed by atoms with Crippen molar-refractivity contribution >= 4 is 0 Å². The van der Waals surface area contributed by atoms with Crippen LogP contribution in [-0.4, -0.2) is 30.5 Å². The highest BCUT2D eigenvalue weighted by molar-refractivity contribution is 5.13. The molecule has 4 nitrogen and oxygen atoms in total. The number of likely N-dealkylation sites (N-methyl/N-ethyl adjacent to an activating group) is 1. The van der Waals surface area contributed by atoms with E-state index in [1.807, 2.05) is 31.3 Å². The molecule has 0 amide bonds. The van der Waals surface area contributed by atoms with Gasteiger partial charge in [-0.25, -0.2) is 0 Å². The first kappa shape index (κ1) is 13.8. The minimum Gasteiger partial charge on any atom is -0.468 e. The predicted octanol–water partition coefficient (Wildman–Crippen LogP) is 2.38. The Balaban J connectivity index is 1.88. The molecule has 0 aliphatic rings. The van der Waals surface area contributed by atoms with Crippen LogP contribution in [-0.2, 0) is 6.54 Å². The number of nitrogens with one attached hydrogen (secondary N) is 1. The Morgan fingerprint density at radius 2 is 2.16 bits per heavy atom. The maximum atomic E-state index is 5.48. The minimum absolute atomic E-state index is 0.244. The van der Waals surface area contributed by atoms with Crippen molar-refractivity contribution in [2.24, 2.45) is 0 Å². The lowest BCUT2D eigenvalue weighted by atomic mass is 10.2. The van der Waals surface area contributed by atoms with Gasteiger partial charge in [-0.15, -0.1) is 0 Å². The number of furan rings is 1. The van der Waals surface area contributed by atoms with Crippen molar-refractivity contribution in [3.05, 3.63) is 53.7 Å². The van der Waals surface area contributed by atoms with Gasteiger partial charge in [0.05, 0.1) is 12.3 Å². The van der Waals surface area contributed by atoms with Crippen molar-refractivity contribution in [2.45, 2.75) is 19.5 Å². The zero-order valence-corrected chi connectivity index (χ0v) is 11.8. The summed E-state index contributed by atoms with van der Waals surface area (Å²) in [5, 5.41) is 3.45. The van der Waals surface area contributed by atoms with Crippen LogP contribution >= 0.6 is 0 Å². The summed E-state index contributed by atoms with van der Waals surface area (Å²) in [7, 11) is 4.12. The van der Waals surface area contributed by atoms with E-state index in [4.69, 9.17) is 4.42 Å². The van der Waals surface area contributed by atoms with Crippen molar-refractivity contribution in [2.75, 3.05) is 20.6 Å². The van der Waals surface area contributed by atoms with Gasteiger partial charge in [-0.2, -0.15) is 0 Å². The number of aromatic nitrogens is 1. The maximum Gasteiger partial charge on any atom is 0.122 e. The molecule has 0 fully saturated rings. The van der Waals surface area contributed by atoms with Gasteiger partial charge in [-0.3, -0.25) is 9.88 Å². The molecule has 2 heterocycles. The van der Waals surface area contributed by atoms with Gasteiger partial charge in [0.15, 0.2) is 0 Å². The van der Waals surface area contributed by atoms with E-state index < -0.39 is 0 Å². The second kappa shape index (κ2) is 6.50. The topological polar surface area (TPSA) is 41.3 Å². The van der Waals surface area contributed by atoms with E-state index in [-0.39, 0.29) is 6.04 Å². The Kier molecular flexibility index (Phi) is 4.71. The molecule has 0 saturated heterocycles. The monoisotopic (exact) mass is 259 g/mol. The number of pyridine rings is 1. The summed E-state index contributed by atoms with van der Waals surface area (Å²) in [6.45, 7) is 3.66. The number of nitrogens with zero attached hydrogens (tertiary/aromatic N) is 2. The van der Waals surface area contributed by atoms with Crippen molar-refractivity contribution in [1.82, 2.24) is 15.2 Å². The molecular weight excluding hydrogens is 238 g/mol. The Hall–Kier alpha value is -1.65. The summed E-state index contributed by atoms with van der Waals surface area (Å²) in [6, 6.07) is 8.32. The van der Waals surface area contributed by atoms with Crippen LogP contribution in [0.25, 0.3) is 0 Å². The molecule has 4 heteroatoms. The number of hydrogen-bond donors (Lipinski definition) is 1. The van der Waals surface area contributed by atoms with Gasteiger partial charge in [-0.1, -0.05) is 6.07 Å². The van der Waals surface area contributed by atoms with E-state index in [0.717, 1.165) is 24.5 Å². The lowest BCUT2D eigenvalue weighted by molar-refractivity contribution is 0.250. The summed E-state index contributed by atoms with van der Waals surface area (Å²) >= 11 is 0. The first-order valence-corrected chi connectivity index (χ1v) is 6.49. The quantitative estimate of drug-likeness (QED) is 0.864. The Bertz CT molecular complexity index is 477. The average Bonchev–Trinajstić information content (AvgIpc) is 2.90. The molecule has 0 aromatic carbocycles. The summed E-state index contributed by atoms with van der Waals surface area (Å²) in [5.74, 6) is 0.986. The van der Waals surface area contributed by atoms with Crippen LogP contribution in [0.4, 0.5) is 0 Å². The van der Waals surface area contributed by atoms with E-state index in [1.54, 1.807) is 6.26 Å².